The number of benzene rings is 1. The Morgan fingerprint density at radius 3 is 1.73 bits per heavy atom. The summed E-state index contributed by atoms with van der Waals surface area (Å²) in [6.45, 7) is 14.1. The predicted molar refractivity (Wildman–Crippen MR) is 147 cm³/mol. The minimum Gasteiger partial charge on any atom is -0.459 e. The van der Waals surface area contributed by atoms with Crippen molar-refractivity contribution in [3.8, 4) is 11.5 Å². The average Bonchev–Trinajstić information content (AvgIpc) is 2.89. The van der Waals surface area contributed by atoms with Gasteiger partial charge in [0.05, 0.1) is 5.92 Å². The van der Waals surface area contributed by atoms with Crippen molar-refractivity contribution in [3.63, 3.8) is 0 Å². The maximum absolute atomic E-state index is 12.7. The highest BCUT2D eigenvalue weighted by Crippen LogP contribution is 2.30. The molecule has 0 aliphatic rings. The SMILES string of the molecule is CCCC(C)C(=O)O[C@@H](C)[C@H](C)OC(=O)[C@@H](N)Cc1ccc(OC(=O)OC(C)CC)c(OC(=O)OC(C)CC)c1. The van der Waals surface area contributed by atoms with Gasteiger partial charge in [0.2, 0.25) is 0 Å². The van der Waals surface area contributed by atoms with Crippen LogP contribution in [0.3, 0.4) is 0 Å². The maximum Gasteiger partial charge on any atom is 0.514 e. The van der Waals surface area contributed by atoms with E-state index in [2.05, 4.69) is 0 Å². The van der Waals surface area contributed by atoms with Gasteiger partial charge in [0, 0.05) is 0 Å². The molecule has 1 aromatic rings. The Morgan fingerprint density at radius 2 is 1.23 bits per heavy atom. The lowest BCUT2D eigenvalue weighted by atomic mass is 10.1. The summed E-state index contributed by atoms with van der Waals surface area (Å²) in [5.41, 5.74) is 6.59. The van der Waals surface area contributed by atoms with Gasteiger partial charge in [-0.25, -0.2) is 9.59 Å². The zero-order valence-corrected chi connectivity index (χ0v) is 24.9. The fraction of sp³-hybridized carbons (Fsp3) is 0.655. The first-order valence-corrected chi connectivity index (χ1v) is 13.9. The van der Waals surface area contributed by atoms with E-state index in [0.29, 0.717) is 24.8 Å². The Hall–Kier alpha value is -3.34. The van der Waals surface area contributed by atoms with E-state index < -0.39 is 42.6 Å². The zero-order valence-electron chi connectivity index (χ0n) is 24.9. The van der Waals surface area contributed by atoms with Crippen LogP contribution in [0.1, 0.15) is 86.6 Å². The Balaban J connectivity index is 2.94. The van der Waals surface area contributed by atoms with Crippen LogP contribution in [-0.4, -0.2) is 54.7 Å². The number of rotatable bonds is 15. The molecule has 0 bridgehead atoms. The number of carbonyl (C=O) groups is 4. The van der Waals surface area contributed by atoms with Crippen LogP contribution in [0.2, 0.25) is 0 Å². The van der Waals surface area contributed by atoms with Crippen molar-refractivity contribution in [1.29, 1.82) is 0 Å². The lowest BCUT2D eigenvalue weighted by molar-refractivity contribution is -0.168. The van der Waals surface area contributed by atoms with Crippen LogP contribution >= 0.6 is 0 Å². The molecule has 6 atom stereocenters. The van der Waals surface area contributed by atoms with E-state index in [-0.39, 0.29) is 35.9 Å². The number of nitrogens with two attached hydrogens (primary N) is 1. The van der Waals surface area contributed by atoms with Gasteiger partial charge in [-0.05, 0) is 71.1 Å². The summed E-state index contributed by atoms with van der Waals surface area (Å²) in [6.07, 6.45) is -1.36. The number of esters is 2. The van der Waals surface area contributed by atoms with Crippen LogP contribution in [0, 0.1) is 5.92 Å². The summed E-state index contributed by atoms with van der Waals surface area (Å²) >= 11 is 0. The molecule has 0 saturated carbocycles. The molecule has 0 radical (unpaired) electrons. The van der Waals surface area contributed by atoms with E-state index in [1.165, 1.54) is 12.1 Å². The fourth-order valence-corrected chi connectivity index (χ4v) is 3.22. The average molecular weight is 568 g/mol. The van der Waals surface area contributed by atoms with E-state index in [1.807, 2.05) is 20.8 Å². The Labute approximate surface area is 236 Å². The summed E-state index contributed by atoms with van der Waals surface area (Å²) in [6, 6.07) is 3.30. The second-order valence-electron chi connectivity index (χ2n) is 9.94. The molecule has 0 amide bonds. The Bertz CT molecular complexity index is 982. The fourth-order valence-electron chi connectivity index (χ4n) is 3.22. The van der Waals surface area contributed by atoms with Gasteiger partial charge in [0.1, 0.15) is 30.5 Å². The van der Waals surface area contributed by atoms with Crippen molar-refractivity contribution in [2.24, 2.45) is 11.7 Å². The van der Waals surface area contributed by atoms with Crippen molar-refractivity contribution in [2.45, 2.75) is 118 Å². The lowest BCUT2D eigenvalue weighted by Crippen LogP contribution is -2.40. The molecule has 1 aromatic carbocycles. The van der Waals surface area contributed by atoms with Gasteiger partial charge in [0.15, 0.2) is 11.5 Å². The van der Waals surface area contributed by atoms with Gasteiger partial charge < -0.3 is 34.2 Å². The molecule has 2 N–H and O–H groups in total. The van der Waals surface area contributed by atoms with Gasteiger partial charge >= 0.3 is 24.2 Å². The monoisotopic (exact) mass is 567 g/mol. The third-order valence-electron chi connectivity index (χ3n) is 6.29. The molecule has 11 nitrogen and oxygen atoms in total. The number of carbonyl (C=O) groups excluding carboxylic acids is 4. The highest BCUT2D eigenvalue weighted by atomic mass is 16.7. The van der Waals surface area contributed by atoms with Gasteiger partial charge in [-0.2, -0.15) is 0 Å². The molecule has 0 fully saturated rings. The molecular weight excluding hydrogens is 522 g/mol. The van der Waals surface area contributed by atoms with E-state index in [1.54, 1.807) is 40.7 Å². The third-order valence-corrected chi connectivity index (χ3v) is 6.29. The normalized spacial score (nSPS) is 15.4. The van der Waals surface area contributed by atoms with Gasteiger partial charge in [0.25, 0.3) is 0 Å². The molecule has 3 unspecified atom stereocenters. The number of hydrogen-bond donors (Lipinski definition) is 1. The first-order chi connectivity index (χ1) is 18.8. The van der Waals surface area contributed by atoms with Crippen LogP contribution in [0.25, 0.3) is 0 Å². The largest absolute Gasteiger partial charge is 0.514 e. The predicted octanol–water partition coefficient (Wildman–Crippen LogP) is 5.48. The van der Waals surface area contributed by atoms with Crippen molar-refractivity contribution in [2.75, 3.05) is 0 Å². The van der Waals surface area contributed by atoms with Crippen molar-refractivity contribution >= 4 is 24.2 Å². The first-order valence-electron chi connectivity index (χ1n) is 13.9. The molecule has 0 aliphatic heterocycles. The van der Waals surface area contributed by atoms with Crippen LogP contribution in [0.4, 0.5) is 9.59 Å². The third kappa shape index (κ3) is 12.2. The molecule has 226 valence electrons. The van der Waals surface area contributed by atoms with Gasteiger partial charge in [-0.3, -0.25) is 9.59 Å². The minimum atomic E-state index is -1.08. The first kappa shape index (κ1) is 34.7. The van der Waals surface area contributed by atoms with Crippen molar-refractivity contribution in [1.82, 2.24) is 0 Å². The van der Waals surface area contributed by atoms with E-state index >= 15 is 0 Å². The maximum atomic E-state index is 12.7. The highest BCUT2D eigenvalue weighted by molar-refractivity contribution is 5.76. The Morgan fingerprint density at radius 1 is 0.725 bits per heavy atom. The summed E-state index contributed by atoms with van der Waals surface area (Å²) in [5, 5.41) is 0. The molecule has 40 heavy (non-hydrogen) atoms. The van der Waals surface area contributed by atoms with Crippen molar-refractivity contribution in [3.05, 3.63) is 23.8 Å². The van der Waals surface area contributed by atoms with Gasteiger partial charge in [-0.1, -0.05) is 40.2 Å². The van der Waals surface area contributed by atoms with E-state index in [4.69, 9.17) is 34.2 Å². The second kappa shape index (κ2) is 17.4. The summed E-state index contributed by atoms with van der Waals surface area (Å²) in [4.78, 5) is 49.3. The quantitative estimate of drug-likeness (QED) is 0.163. The van der Waals surface area contributed by atoms with Crippen LogP contribution in [-0.2, 0) is 35.0 Å². The smallest absolute Gasteiger partial charge is 0.459 e. The molecule has 0 spiro atoms. The van der Waals surface area contributed by atoms with E-state index in [0.717, 1.165) is 6.42 Å². The minimum absolute atomic E-state index is 0.0155. The topological polar surface area (TPSA) is 150 Å². The molecule has 1 rings (SSSR count). The van der Waals surface area contributed by atoms with Crippen LogP contribution < -0.4 is 15.2 Å². The van der Waals surface area contributed by atoms with Crippen LogP contribution in [0.15, 0.2) is 18.2 Å². The molecule has 11 heteroatoms. The molecule has 0 aromatic heterocycles. The number of ether oxygens (including phenoxy) is 6. The molecule has 0 saturated heterocycles. The highest BCUT2D eigenvalue weighted by Gasteiger charge is 2.26. The lowest BCUT2D eigenvalue weighted by Gasteiger charge is -2.23. The summed E-state index contributed by atoms with van der Waals surface area (Å²) in [5.74, 6) is -1.48. The molecule has 0 aliphatic carbocycles. The Kier molecular flexibility index (Phi) is 15.1. The standard InChI is InChI=1S/C29H45NO10/c1-9-12-17(4)26(31)37-20(7)21(8)38-27(32)23(30)15-22-13-14-24(39-28(33)35-18(5)10-2)25(16-22)40-29(34)36-19(6)11-3/h13-14,16-21,23H,9-12,15,30H2,1-8H3/t17?,18?,19?,20-,21-,23-/m0/s1. The second-order valence-corrected chi connectivity index (χ2v) is 9.94. The van der Waals surface area contributed by atoms with Crippen LogP contribution in [0.5, 0.6) is 11.5 Å². The summed E-state index contributed by atoms with van der Waals surface area (Å²) < 4.78 is 31.7. The molecular formula is C29H45NO10. The van der Waals surface area contributed by atoms with E-state index in [9.17, 15) is 19.2 Å². The molecule has 0 heterocycles. The zero-order chi connectivity index (χ0) is 30.4. The van der Waals surface area contributed by atoms with Crippen molar-refractivity contribution < 1.29 is 47.6 Å². The summed E-state index contributed by atoms with van der Waals surface area (Å²) in [7, 11) is 0. The van der Waals surface area contributed by atoms with Gasteiger partial charge in [-0.15, -0.1) is 0 Å². The number of hydrogen-bond acceptors (Lipinski definition) is 11.